The molecule has 6 nitrogen and oxygen atoms in total. The molecule has 2 rings (SSSR count). The molecule has 2 heterocycles. The topological polar surface area (TPSA) is 63.9 Å². The summed E-state index contributed by atoms with van der Waals surface area (Å²) in [6, 6.07) is 0. The molecule has 0 aromatic carbocycles. The second kappa shape index (κ2) is 4.37. The van der Waals surface area contributed by atoms with Crippen molar-refractivity contribution < 1.29 is 4.79 Å². The minimum Gasteiger partial charge on any atom is -0.341 e. The zero-order chi connectivity index (χ0) is 10.7. The molecule has 0 radical (unpaired) electrons. The van der Waals surface area contributed by atoms with Crippen molar-refractivity contribution >= 4 is 5.91 Å². The number of tetrazole rings is 1. The van der Waals surface area contributed by atoms with Gasteiger partial charge in [-0.3, -0.25) is 4.79 Å². The van der Waals surface area contributed by atoms with Crippen molar-refractivity contribution in [3.8, 4) is 0 Å². The molecular weight excluding hydrogens is 194 g/mol. The highest BCUT2D eigenvalue weighted by atomic mass is 16.2. The van der Waals surface area contributed by atoms with Gasteiger partial charge in [-0.2, -0.15) is 0 Å². The molecule has 0 spiro atoms. The Labute approximate surface area is 88.2 Å². The maximum absolute atomic E-state index is 11.8. The minimum atomic E-state index is 0.116. The molecule has 1 saturated heterocycles. The lowest BCUT2D eigenvalue weighted by molar-refractivity contribution is -0.133. The van der Waals surface area contributed by atoms with Crippen LogP contribution in [-0.4, -0.2) is 44.1 Å². The highest BCUT2D eigenvalue weighted by Gasteiger charge is 2.17. The van der Waals surface area contributed by atoms with Crippen LogP contribution in [0.3, 0.4) is 0 Å². The van der Waals surface area contributed by atoms with Crippen LogP contribution in [0.25, 0.3) is 0 Å². The van der Waals surface area contributed by atoms with Crippen molar-refractivity contribution in [2.75, 3.05) is 13.1 Å². The molecule has 0 unspecified atom stereocenters. The lowest BCUT2D eigenvalue weighted by Crippen LogP contribution is -2.38. The summed E-state index contributed by atoms with van der Waals surface area (Å²) >= 11 is 0. The summed E-state index contributed by atoms with van der Waals surface area (Å²) in [7, 11) is 0. The molecule has 82 valence electrons. The van der Waals surface area contributed by atoms with E-state index in [2.05, 4.69) is 15.5 Å². The Bertz CT molecular complexity index is 342. The van der Waals surface area contributed by atoms with Crippen LogP contribution in [0.2, 0.25) is 0 Å². The van der Waals surface area contributed by atoms with E-state index in [4.69, 9.17) is 0 Å². The quantitative estimate of drug-likeness (QED) is 0.687. The highest BCUT2D eigenvalue weighted by Crippen LogP contribution is 2.09. The normalized spacial score (nSPS) is 16.7. The van der Waals surface area contributed by atoms with Gasteiger partial charge in [0, 0.05) is 13.1 Å². The average Bonchev–Trinajstić information content (AvgIpc) is 2.66. The largest absolute Gasteiger partial charge is 0.341 e. The van der Waals surface area contributed by atoms with Gasteiger partial charge in [-0.05, 0) is 36.6 Å². The Hall–Kier alpha value is -1.46. The Morgan fingerprint density at radius 3 is 2.67 bits per heavy atom. The van der Waals surface area contributed by atoms with Crippen molar-refractivity contribution in [1.82, 2.24) is 25.1 Å². The molecule has 0 bridgehead atoms. The van der Waals surface area contributed by atoms with E-state index in [-0.39, 0.29) is 12.5 Å². The Morgan fingerprint density at radius 2 is 2.07 bits per heavy atom. The highest BCUT2D eigenvalue weighted by molar-refractivity contribution is 5.75. The zero-order valence-corrected chi connectivity index (χ0v) is 8.89. The van der Waals surface area contributed by atoms with E-state index in [9.17, 15) is 4.79 Å². The first-order chi connectivity index (χ1) is 7.27. The van der Waals surface area contributed by atoms with Gasteiger partial charge >= 0.3 is 0 Å². The summed E-state index contributed by atoms with van der Waals surface area (Å²) < 4.78 is 1.54. The predicted molar refractivity (Wildman–Crippen MR) is 53.0 cm³/mol. The molecule has 1 aromatic rings. The van der Waals surface area contributed by atoms with Gasteiger partial charge in [0.1, 0.15) is 12.4 Å². The number of aromatic nitrogens is 4. The van der Waals surface area contributed by atoms with Crippen LogP contribution in [0.15, 0.2) is 0 Å². The number of carbonyl (C=O) groups excluding carboxylic acids is 1. The first-order valence-corrected chi connectivity index (χ1v) is 5.28. The smallest absolute Gasteiger partial charge is 0.244 e. The molecule has 1 amide bonds. The average molecular weight is 209 g/mol. The van der Waals surface area contributed by atoms with Crippen molar-refractivity contribution in [2.24, 2.45) is 0 Å². The molecule has 0 N–H and O–H groups in total. The second-order valence-electron chi connectivity index (χ2n) is 3.83. The summed E-state index contributed by atoms with van der Waals surface area (Å²) in [4.78, 5) is 13.7. The van der Waals surface area contributed by atoms with Crippen LogP contribution in [0.4, 0.5) is 0 Å². The van der Waals surface area contributed by atoms with Crippen LogP contribution in [0, 0.1) is 6.92 Å². The van der Waals surface area contributed by atoms with Crippen LogP contribution < -0.4 is 0 Å². The van der Waals surface area contributed by atoms with Crippen LogP contribution in [-0.2, 0) is 11.3 Å². The van der Waals surface area contributed by atoms with Gasteiger partial charge in [0.25, 0.3) is 0 Å². The molecule has 6 heteroatoms. The standard InChI is InChI=1S/C9H15N5O/c1-8-10-11-12-14(8)7-9(15)13-5-3-2-4-6-13/h2-7H2,1H3. The van der Waals surface area contributed by atoms with Gasteiger partial charge in [0.05, 0.1) is 0 Å². The SMILES string of the molecule is Cc1nnnn1CC(=O)N1CCCCC1. The van der Waals surface area contributed by atoms with E-state index in [1.165, 1.54) is 11.1 Å². The van der Waals surface area contributed by atoms with Gasteiger partial charge in [0.2, 0.25) is 5.91 Å². The van der Waals surface area contributed by atoms with Gasteiger partial charge in [0.15, 0.2) is 0 Å². The fourth-order valence-electron chi connectivity index (χ4n) is 1.77. The Balaban J connectivity index is 1.94. The van der Waals surface area contributed by atoms with E-state index in [0.717, 1.165) is 25.9 Å². The first kappa shape index (κ1) is 10.1. The lowest BCUT2D eigenvalue weighted by atomic mass is 10.1. The zero-order valence-electron chi connectivity index (χ0n) is 8.89. The van der Waals surface area contributed by atoms with Crippen molar-refractivity contribution in [1.29, 1.82) is 0 Å². The summed E-state index contributed by atoms with van der Waals surface area (Å²) in [5.41, 5.74) is 0. The number of hydrogen-bond donors (Lipinski definition) is 0. The van der Waals surface area contributed by atoms with E-state index in [1.54, 1.807) is 6.92 Å². The van der Waals surface area contributed by atoms with E-state index in [1.807, 2.05) is 4.90 Å². The Morgan fingerprint density at radius 1 is 1.33 bits per heavy atom. The second-order valence-corrected chi connectivity index (χ2v) is 3.83. The lowest BCUT2D eigenvalue weighted by Gasteiger charge is -2.26. The van der Waals surface area contributed by atoms with Crippen molar-refractivity contribution in [2.45, 2.75) is 32.7 Å². The van der Waals surface area contributed by atoms with E-state index < -0.39 is 0 Å². The van der Waals surface area contributed by atoms with Crippen molar-refractivity contribution in [3.05, 3.63) is 5.82 Å². The van der Waals surface area contributed by atoms with Gasteiger partial charge in [-0.25, -0.2) is 4.68 Å². The van der Waals surface area contributed by atoms with E-state index >= 15 is 0 Å². The van der Waals surface area contributed by atoms with E-state index in [0.29, 0.717) is 5.82 Å². The summed E-state index contributed by atoms with van der Waals surface area (Å²) in [5, 5.41) is 11.0. The van der Waals surface area contributed by atoms with Crippen LogP contribution in [0.1, 0.15) is 25.1 Å². The Kier molecular flexibility index (Phi) is 2.94. The molecule has 15 heavy (non-hydrogen) atoms. The van der Waals surface area contributed by atoms with Crippen molar-refractivity contribution in [3.63, 3.8) is 0 Å². The van der Waals surface area contributed by atoms with Gasteiger partial charge in [-0.15, -0.1) is 5.10 Å². The van der Waals surface area contributed by atoms with Gasteiger partial charge in [-0.1, -0.05) is 0 Å². The molecular formula is C9H15N5O. The fraction of sp³-hybridized carbons (Fsp3) is 0.778. The predicted octanol–water partition coefficient (Wildman–Crippen LogP) is -0.00598. The number of hydrogen-bond acceptors (Lipinski definition) is 4. The number of amides is 1. The number of carbonyl (C=O) groups is 1. The molecule has 1 fully saturated rings. The number of rotatable bonds is 2. The molecule has 1 aliphatic heterocycles. The molecule has 0 atom stereocenters. The maximum Gasteiger partial charge on any atom is 0.244 e. The third-order valence-electron chi connectivity index (χ3n) is 2.70. The maximum atomic E-state index is 11.8. The molecule has 1 aliphatic rings. The first-order valence-electron chi connectivity index (χ1n) is 5.28. The number of piperidine rings is 1. The summed E-state index contributed by atoms with van der Waals surface area (Å²) in [6.45, 7) is 3.81. The minimum absolute atomic E-state index is 0.116. The molecule has 0 saturated carbocycles. The summed E-state index contributed by atoms with van der Waals surface area (Å²) in [5.74, 6) is 0.797. The number of aryl methyl sites for hydroxylation is 1. The fourth-order valence-corrected chi connectivity index (χ4v) is 1.77. The molecule has 0 aliphatic carbocycles. The monoisotopic (exact) mass is 209 g/mol. The number of nitrogens with zero attached hydrogens (tertiary/aromatic N) is 5. The van der Waals surface area contributed by atoms with Gasteiger partial charge < -0.3 is 4.90 Å². The number of likely N-dealkylation sites (tertiary alicyclic amines) is 1. The summed E-state index contributed by atoms with van der Waals surface area (Å²) in [6.07, 6.45) is 3.45. The third kappa shape index (κ3) is 2.31. The van der Waals surface area contributed by atoms with Crippen LogP contribution >= 0.6 is 0 Å². The van der Waals surface area contributed by atoms with Crippen LogP contribution in [0.5, 0.6) is 0 Å². The molecule has 1 aromatic heterocycles. The third-order valence-corrected chi connectivity index (χ3v) is 2.70.